The van der Waals surface area contributed by atoms with Gasteiger partial charge in [0.25, 0.3) is 0 Å². The van der Waals surface area contributed by atoms with Gasteiger partial charge in [0.05, 0.1) is 0 Å². The molecule has 2 aromatic rings. The number of hydrogen-bond donors (Lipinski definition) is 2. The first kappa shape index (κ1) is 23.4. The van der Waals surface area contributed by atoms with Crippen molar-refractivity contribution in [2.24, 2.45) is 0 Å². The lowest BCUT2D eigenvalue weighted by Crippen LogP contribution is -2.24. The molecule has 156 valence electrons. The molecule has 4 nitrogen and oxygen atoms in total. The fourth-order valence-corrected chi connectivity index (χ4v) is 3.40. The molecule has 0 spiro atoms. The van der Waals surface area contributed by atoms with Crippen LogP contribution in [0.1, 0.15) is 60.7 Å². The summed E-state index contributed by atoms with van der Waals surface area (Å²) < 4.78 is 10.6. The highest BCUT2D eigenvalue weighted by atomic mass is 32.1. The van der Waals surface area contributed by atoms with Crippen molar-refractivity contribution < 1.29 is 19.1 Å². The van der Waals surface area contributed by atoms with E-state index in [9.17, 15) is 9.59 Å². The number of thiol groups is 2. The van der Waals surface area contributed by atoms with Gasteiger partial charge in [0.1, 0.15) is 0 Å². The Kier molecular flexibility index (Phi) is 10.2. The van der Waals surface area contributed by atoms with Gasteiger partial charge in [-0.3, -0.25) is 9.59 Å². The highest BCUT2D eigenvalue weighted by Gasteiger charge is 2.19. The Balaban J connectivity index is 1.71. The first-order chi connectivity index (χ1) is 14.0. The van der Waals surface area contributed by atoms with Crippen molar-refractivity contribution in [2.45, 2.75) is 55.8 Å². The fourth-order valence-electron chi connectivity index (χ4n) is 2.79. The van der Waals surface area contributed by atoms with E-state index in [1.807, 2.05) is 67.6 Å². The Bertz CT molecular complexity index is 688. The van der Waals surface area contributed by atoms with Crippen LogP contribution in [-0.2, 0) is 19.1 Å². The van der Waals surface area contributed by atoms with Crippen molar-refractivity contribution in [1.29, 1.82) is 0 Å². The van der Waals surface area contributed by atoms with Gasteiger partial charge in [-0.15, -0.1) is 0 Å². The number of carbonyl (C=O) groups excluding carboxylic acids is 2. The van der Waals surface area contributed by atoms with Crippen molar-refractivity contribution in [3.05, 3.63) is 71.8 Å². The van der Waals surface area contributed by atoms with E-state index in [4.69, 9.17) is 9.47 Å². The Morgan fingerprint density at radius 1 is 0.759 bits per heavy atom. The molecule has 2 atom stereocenters. The number of esters is 2. The molecular formula is C23H28O4S2. The number of benzene rings is 2. The second kappa shape index (κ2) is 12.6. The zero-order valence-electron chi connectivity index (χ0n) is 16.6. The van der Waals surface area contributed by atoms with E-state index >= 15 is 0 Å². The molecular weight excluding hydrogens is 404 g/mol. The molecule has 0 bridgehead atoms. The van der Waals surface area contributed by atoms with Gasteiger partial charge in [-0.25, -0.2) is 0 Å². The van der Waals surface area contributed by atoms with Gasteiger partial charge in [0, 0.05) is 29.8 Å². The average Bonchev–Trinajstić information content (AvgIpc) is 2.76. The number of carbonyl (C=O) groups is 2. The minimum Gasteiger partial charge on any atom is -0.425 e. The van der Waals surface area contributed by atoms with E-state index in [1.54, 1.807) is 0 Å². The summed E-state index contributed by atoms with van der Waals surface area (Å²) in [6.07, 6.45) is 1.07. The molecule has 0 aliphatic carbocycles. The standard InChI is InChI=1S/C23H28O4S2/c1-2-23(26-21(24)15-13-19(28)17-9-5-3-6-10-17)27-22(25)16-14-20(29)18-11-7-4-8-12-18/h3-12,19-20,23,28-29H,2,13-16H2,1H3. The fraction of sp³-hybridized carbons (Fsp3) is 0.391. The highest BCUT2D eigenvalue weighted by Crippen LogP contribution is 2.26. The van der Waals surface area contributed by atoms with Gasteiger partial charge in [0.2, 0.25) is 6.29 Å². The molecule has 2 unspecified atom stereocenters. The highest BCUT2D eigenvalue weighted by molar-refractivity contribution is 7.80. The maximum absolute atomic E-state index is 12.1. The monoisotopic (exact) mass is 432 g/mol. The second-order valence-electron chi connectivity index (χ2n) is 6.75. The average molecular weight is 433 g/mol. The van der Waals surface area contributed by atoms with Gasteiger partial charge in [0.15, 0.2) is 0 Å². The van der Waals surface area contributed by atoms with Crippen LogP contribution < -0.4 is 0 Å². The molecule has 0 saturated heterocycles. The minimum absolute atomic E-state index is 0.0447. The van der Waals surface area contributed by atoms with Crippen LogP contribution in [0.3, 0.4) is 0 Å². The van der Waals surface area contributed by atoms with Crippen LogP contribution in [0.5, 0.6) is 0 Å². The van der Waals surface area contributed by atoms with Crippen molar-refractivity contribution in [3.8, 4) is 0 Å². The van der Waals surface area contributed by atoms with E-state index in [0.29, 0.717) is 19.3 Å². The van der Waals surface area contributed by atoms with Crippen LogP contribution in [0, 0.1) is 0 Å². The third-order valence-electron chi connectivity index (χ3n) is 4.47. The smallest absolute Gasteiger partial charge is 0.308 e. The minimum atomic E-state index is -0.861. The van der Waals surface area contributed by atoms with Crippen LogP contribution in [0.2, 0.25) is 0 Å². The summed E-state index contributed by atoms with van der Waals surface area (Å²) >= 11 is 9.08. The summed E-state index contributed by atoms with van der Waals surface area (Å²) in [5.74, 6) is -0.785. The number of rotatable bonds is 11. The molecule has 0 aromatic heterocycles. The van der Waals surface area contributed by atoms with E-state index in [-0.39, 0.29) is 23.3 Å². The van der Waals surface area contributed by atoms with Crippen LogP contribution in [0.25, 0.3) is 0 Å². The van der Waals surface area contributed by atoms with Gasteiger partial charge in [-0.05, 0) is 24.0 Å². The maximum atomic E-state index is 12.1. The largest absolute Gasteiger partial charge is 0.425 e. The quantitative estimate of drug-likeness (QED) is 0.271. The van der Waals surface area contributed by atoms with Crippen molar-refractivity contribution in [3.63, 3.8) is 0 Å². The first-order valence-electron chi connectivity index (χ1n) is 9.84. The van der Waals surface area contributed by atoms with Crippen molar-refractivity contribution in [2.75, 3.05) is 0 Å². The predicted molar refractivity (Wildman–Crippen MR) is 121 cm³/mol. The van der Waals surface area contributed by atoms with Crippen molar-refractivity contribution in [1.82, 2.24) is 0 Å². The summed E-state index contributed by atoms with van der Waals surface area (Å²) in [6, 6.07) is 19.5. The number of hydrogen-bond acceptors (Lipinski definition) is 6. The third kappa shape index (κ3) is 8.54. The molecule has 0 saturated carbocycles. The molecule has 0 amide bonds. The van der Waals surface area contributed by atoms with Gasteiger partial charge in [-0.1, -0.05) is 67.6 Å². The molecule has 6 heteroatoms. The second-order valence-corrected chi connectivity index (χ2v) is 7.99. The van der Waals surface area contributed by atoms with Gasteiger partial charge in [-0.2, -0.15) is 25.3 Å². The van der Waals surface area contributed by atoms with Crippen molar-refractivity contribution >= 4 is 37.2 Å². The molecule has 0 aliphatic rings. The normalized spacial score (nSPS) is 13.9. The van der Waals surface area contributed by atoms with Crippen LogP contribution in [0.15, 0.2) is 60.7 Å². The molecule has 0 N–H and O–H groups in total. The summed E-state index contributed by atoms with van der Waals surface area (Å²) in [7, 11) is 0. The Morgan fingerprint density at radius 3 is 1.48 bits per heavy atom. The van der Waals surface area contributed by atoms with E-state index < -0.39 is 18.2 Å². The maximum Gasteiger partial charge on any atom is 0.308 e. The Hall–Kier alpha value is -1.92. The SMILES string of the molecule is CCC(OC(=O)CCC(S)c1ccccc1)OC(=O)CCC(S)c1ccccc1. The van der Waals surface area contributed by atoms with E-state index in [2.05, 4.69) is 25.3 Å². The Labute approximate surface area is 183 Å². The topological polar surface area (TPSA) is 52.6 Å². The van der Waals surface area contributed by atoms with E-state index in [0.717, 1.165) is 11.1 Å². The molecule has 29 heavy (non-hydrogen) atoms. The zero-order valence-corrected chi connectivity index (χ0v) is 18.4. The molecule has 0 heterocycles. The molecule has 0 radical (unpaired) electrons. The zero-order chi connectivity index (χ0) is 21.1. The van der Waals surface area contributed by atoms with Gasteiger partial charge < -0.3 is 9.47 Å². The predicted octanol–water partition coefficient (Wildman–Crippen LogP) is 5.71. The lowest BCUT2D eigenvalue weighted by molar-refractivity contribution is -0.188. The van der Waals surface area contributed by atoms with Crippen LogP contribution >= 0.6 is 25.3 Å². The lowest BCUT2D eigenvalue weighted by atomic mass is 10.1. The molecule has 2 rings (SSSR count). The molecule has 2 aromatic carbocycles. The van der Waals surface area contributed by atoms with Crippen LogP contribution in [0.4, 0.5) is 0 Å². The lowest BCUT2D eigenvalue weighted by Gasteiger charge is -2.18. The van der Waals surface area contributed by atoms with Gasteiger partial charge >= 0.3 is 11.9 Å². The van der Waals surface area contributed by atoms with Crippen LogP contribution in [-0.4, -0.2) is 18.2 Å². The Morgan fingerprint density at radius 2 is 1.14 bits per heavy atom. The van der Waals surface area contributed by atoms with E-state index in [1.165, 1.54) is 0 Å². The summed E-state index contributed by atoms with van der Waals surface area (Å²) in [6.45, 7) is 1.81. The first-order valence-corrected chi connectivity index (χ1v) is 10.9. The third-order valence-corrected chi connectivity index (χ3v) is 5.58. The summed E-state index contributed by atoms with van der Waals surface area (Å²) in [5.41, 5.74) is 2.11. The molecule has 0 aliphatic heterocycles. The molecule has 0 fully saturated rings. The summed E-state index contributed by atoms with van der Waals surface area (Å²) in [5, 5.41) is -0.0895. The summed E-state index contributed by atoms with van der Waals surface area (Å²) in [4.78, 5) is 24.2. The number of ether oxygens (including phenoxy) is 2.